The van der Waals surface area contributed by atoms with E-state index in [1.807, 2.05) is 36.4 Å². The zero-order valence-electron chi connectivity index (χ0n) is 19.4. The summed E-state index contributed by atoms with van der Waals surface area (Å²) in [5.74, 6) is -1.71. The van der Waals surface area contributed by atoms with Crippen LogP contribution in [0.5, 0.6) is 0 Å². The molecule has 4 unspecified atom stereocenters. The molecule has 2 saturated heterocycles. The number of nitrogens with zero attached hydrogens (tertiary/aromatic N) is 1. The summed E-state index contributed by atoms with van der Waals surface area (Å²) in [6.07, 6.45) is -0.272. The Hall–Kier alpha value is -3.43. The predicted molar refractivity (Wildman–Crippen MR) is 125 cm³/mol. The Labute approximate surface area is 203 Å². The van der Waals surface area contributed by atoms with Gasteiger partial charge >= 0.3 is 12.1 Å². The van der Waals surface area contributed by atoms with Crippen LogP contribution in [0.3, 0.4) is 0 Å². The van der Waals surface area contributed by atoms with Gasteiger partial charge in [0.05, 0.1) is 18.8 Å². The summed E-state index contributed by atoms with van der Waals surface area (Å²) < 4.78 is 16.4. The van der Waals surface area contributed by atoms with E-state index in [2.05, 4.69) is 17.4 Å². The van der Waals surface area contributed by atoms with Crippen LogP contribution in [-0.4, -0.2) is 79.1 Å². The number of aliphatic carboxylic acids is 1. The van der Waals surface area contributed by atoms with Gasteiger partial charge in [-0.1, -0.05) is 48.5 Å². The lowest BCUT2D eigenvalue weighted by Gasteiger charge is -2.30. The van der Waals surface area contributed by atoms with Crippen molar-refractivity contribution >= 4 is 18.0 Å². The number of hydrogen-bond donors (Lipinski definition) is 2. The topological polar surface area (TPSA) is 114 Å². The van der Waals surface area contributed by atoms with Gasteiger partial charge in [0, 0.05) is 26.1 Å². The minimum absolute atomic E-state index is 0.105. The first-order chi connectivity index (χ1) is 17.0. The van der Waals surface area contributed by atoms with Crippen LogP contribution in [-0.2, 0) is 23.8 Å². The average molecular weight is 481 g/mol. The second-order valence-corrected chi connectivity index (χ2v) is 9.08. The number of amides is 2. The van der Waals surface area contributed by atoms with E-state index in [4.69, 9.17) is 14.2 Å². The monoisotopic (exact) mass is 480 g/mol. The van der Waals surface area contributed by atoms with Crippen LogP contribution in [0.15, 0.2) is 48.5 Å². The predicted octanol–water partition coefficient (Wildman–Crippen LogP) is 2.38. The van der Waals surface area contributed by atoms with Crippen molar-refractivity contribution in [2.24, 2.45) is 0 Å². The smallest absolute Gasteiger partial charge is 0.407 e. The highest BCUT2D eigenvalue weighted by molar-refractivity contribution is 5.90. The van der Waals surface area contributed by atoms with E-state index in [0.29, 0.717) is 13.0 Å². The Morgan fingerprint density at radius 3 is 2.40 bits per heavy atom. The van der Waals surface area contributed by atoms with Gasteiger partial charge in [0.1, 0.15) is 18.7 Å². The van der Waals surface area contributed by atoms with Crippen LogP contribution in [0.25, 0.3) is 11.1 Å². The van der Waals surface area contributed by atoms with Crippen molar-refractivity contribution in [2.75, 3.05) is 26.9 Å². The van der Waals surface area contributed by atoms with Crippen molar-refractivity contribution in [3.05, 3.63) is 59.7 Å². The highest BCUT2D eigenvalue weighted by Crippen LogP contribution is 2.44. The largest absolute Gasteiger partial charge is 0.480 e. The Bertz CT molecular complexity index is 1090. The molecule has 35 heavy (non-hydrogen) atoms. The molecule has 2 aliphatic heterocycles. The molecule has 2 aromatic rings. The number of carboxylic acid groups (broad SMARTS) is 1. The maximum absolute atomic E-state index is 13.4. The van der Waals surface area contributed by atoms with Crippen LogP contribution >= 0.6 is 0 Å². The molecule has 184 valence electrons. The molecule has 2 N–H and O–H groups in total. The summed E-state index contributed by atoms with van der Waals surface area (Å²) in [6, 6.07) is 13.6. The number of rotatable bonds is 7. The van der Waals surface area contributed by atoms with Crippen LogP contribution in [0.2, 0.25) is 0 Å². The van der Waals surface area contributed by atoms with E-state index in [9.17, 15) is 19.5 Å². The Morgan fingerprint density at radius 1 is 1.11 bits per heavy atom. The van der Waals surface area contributed by atoms with Crippen molar-refractivity contribution in [3.8, 4) is 11.1 Å². The maximum atomic E-state index is 13.4. The SMILES string of the molecule is COCC(NC(=O)OCC1c2ccccc2-c2ccccc21)C(=O)N1C(C(=O)O)CC2OCCC21. The molecule has 9 heteroatoms. The average Bonchev–Trinajstić information content (AvgIpc) is 3.54. The normalized spacial score (nSPS) is 23.3. The number of carbonyl (C=O) groups is 3. The molecule has 0 radical (unpaired) electrons. The molecule has 2 amide bonds. The first kappa shape index (κ1) is 23.3. The second kappa shape index (κ2) is 9.67. The number of fused-ring (bicyclic) bond motifs is 4. The first-order valence-corrected chi connectivity index (χ1v) is 11.8. The number of carboxylic acids is 1. The maximum Gasteiger partial charge on any atom is 0.407 e. The number of benzene rings is 2. The third kappa shape index (κ3) is 4.26. The molecule has 2 heterocycles. The van der Waals surface area contributed by atoms with Crippen LogP contribution < -0.4 is 5.32 Å². The molecule has 0 saturated carbocycles. The number of nitrogens with one attached hydrogen (secondary N) is 1. The van der Waals surface area contributed by atoms with E-state index in [0.717, 1.165) is 22.3 Å². The van der Waals surface area contributed by atoms with Crippen molar-refractivity contribution in [1.82, 2.24) is 10.2 Å². The highest BCUT2D eigenvalue weighted by Gasteiger charge is 2.51. The Kier molecular flexibility index (Phi) is 6.44. The molecule has 0 bridgehead atoms. The molecule has 4 atom stereocenters. The lowest BCUT2D eigenvalue weighted by molar-refractivity contribution is -0.151. The van der Waals surface area contributed by atoms with Crippen LogP contribution in [0.4, 0.5) is 4.79 Å². The molecule has 1 aliphatic carbocycles. The summed E-state index contributed by atoms with van der Waals surface area (Å²) in [5.41, 5.74) is 4.40. The lowest BCUT2D eigenvalue weighted by Crippen LogP contribution is -2.56. The van der Waals surface area contributed by atoms with Gasteiger partial charge in [0.15, 0.2) is 0 Å². The van der Waals surface area contributed by atoms with Gasteiger partial charge in [-0.2, -0.15) is 0 Å². The first-order valence-electron chi connectivity index (χ1n) is 11.8. The molecule has 2 fully saturated rings. The molecule has 2 aromatic carbocycles. The summed E-state index contributed by atoms with van der Waals surface area (Å²) in [4.78, 5) is 39.3. The van der Waals surface area contributed by atoms with Crippen molar-refractivity contribution in [1.29, 1.82) is 0 Å². The van der Waals surface area contributed by atoms with Gasteiger partial charge in [0.2, 0.25) is 5.91 Å². The van der Waals surface area contributed by atoms with Crippen molar-refractivity contribution in [2.45, 2.75) is 43.0 Å². The third-order valence-corrected chi connectivity index (χ3v) is 7.13. The van der Waals surface area contributed by atoms with Gasteiger partial charge in [-0.25, -0.2) is 9.59 Å². The standard InChI is InChI=1S/C26H28N2O7/c1-33-14-20(24(29)28-21-10-11-34-23(21)12-22(28)25(30)31)27-26(32)35-13-19-17-8-4-2-6-15(17)16-7-3-5-9-18(16)19/h2-9,19-23H,10-14H2,1H3,(H,27,32)(H,30,31). The van der Waals surface area contributed by atoms with Crippen LogP contribution in [0.1, 0.15) is 29.9 Å². The molecular formula is C26H28N2O7. The quantitative estimate of drug-likeness (QED) is 0.625. The third-order valence-electron chi connectivity index (χ3n) is 7.13. The summed E-state index contributed by atoms with van der Waals surface area (Å²) in [5, 5.41) is 12.2. The fourth-order valence-electron chi connectivity index (χ4n) is 5.59. The van der Waals surface area contributed by atoms with Gasteiger partial charge in [-0.05, 0) is 28.7 Å². The van der Waals surface area contributed by atoms with Crippen LogP contribution in [0, 0.1) is 0 Å². The Balaban J connectivity index is 1.28. The number of carbonyl (C=O) groups excluding carboxylic acids is 2. The minimum atomic E-state index is -1.09. The number of alkyl carbamates (subject to hydrolysis) is 1. The zero-order valence-corrected chi connectivity index (χ0v) is 19.4. The summed E-state index contributed by atoms with van der Waals surface area (Å²) in [7, 11) is 1.42. The number of hydrogen-bond acceptors (Lipinski definition) is 6. The summed E-state index contributed by atoms with van der Waals surface area (Å²) in [6.45, 7) is 0.470. The minimum Gasteiger partial charge on any atom is -0.480 e. The van der Waals surface area contributed by atoms with E-state index in [1.165, 1.54) is 12.0 Å². The second-order valence-electron chi connectivity index (χ2n) is 9.08. The molecule has 5 rings (SSSR count). The van der Waals surface area contributed by atoms with E-state index in [1.54, 1.807) is 0 Å². The highest BCUT2D eigenvalue weighted by atomic mass is 16.5. The van der Waals surface area contributed by atoms with Gasteiger partial charge in [0.25, 0.3) is 0 Å². The lowest BCUT2D eigenvalue weighted by atomic mass is 9.98. The molecule has 0 aromatic heterocycles. The fraction of sp³-hybridized carbons (Fsp3) is 0.423. The van der Waals surface area contributed by atoms with Gasteiger partial charge in [-0.15, -0.1) is 0 Å². The molecule has 0 spiro atoms. The van der Waals surface area contributed by atoms with E-state index in [-0.39, 0.29) is 37.7 Å². The zero-order chi connectivity index (χ0) is 24.5. The molecule has 9 nitrogen and oxygen atoms in total. The number of methoxy groups -OCH3 is 1. The molecule has 3 aliphatic rings. The molecular weight excluding hydrogens is 452 g/mol. The summed E-state index contributed by atoms with van der Waals surface area (Å²) >= 11 is 0. The van der Waals surface area contributed by atoms with E-state index < -0.39 is 30.1 Å². The van der Waals surface area contributed by atoms with E-state index >= 15 is 0 Å². The fourth-order valence-corrected chi connectivity index (χ4v) is 5.59. The van der Waals surface area contributed by atoms with Crippen molar-refractivity contribution in [3.63, 3.8) is 0 Å². The Morgan fingerprint density at radius 2 is 1.77 bits per heavy atom. The van der Waals surface area contributed by atoms with Gasteiger partial charge in [-0.3, -0.25) is 4.79 Å². The number of likely N-dealkylation sites (tertiary alicyclic amines) is 1. The van der Waals surface area contributed by atoms with Gasteiger partial charge < -0.3 is 29.5 Å². The number of ether oxygens (including phenoxy) is 3. The van der Waals surface area contributed by atoms with Crippen molar-refractivity contribution < 1.29 is 33.7 Å².